The number of nitrogens with zero attached hydrogens (tertiary/aromatic N) is 2. The zero-order valence-corrected chi connectivity index (χ0v) is 17.5. The van der Waals surface area contributed by atoms with Crippen LogP contribution in [0.1, 0.15) is 37.9 Å². The number of halogens is 1. The maximum atomic E-state index is 13.2. The maximum absolute atomic E-state index is 13.2. The molecule has 3 aromatic rings. The lowest BCUT2D eigenvalue weighted by Gasteiger charge is -2.36. The molecule has 0 bridgehead atoms. The quantitative estimate of drug-likeness (QED) is 0.583. The monoisotopic (exact) mass is 430 g/mol. The second-order valence-electron chi connectivity index (χ2n) is 8.14. The number of piperazine rings is 1. The molecular formula is C26H23FN2O3. The van der Waals surface area contributed by atoms with Gasteiger partial charge in [-0.3, -0.25) is 4.79 Å². The first-order valence-corrected chi connectivity index (χ1v) is 10.8. The highest BCUT2D eigenvalue weighted by atomic mass is 19.1. The second kappa shape index (κ2) is 8.46. The number of rotatable bonds is 3. The van der Waals surface area contributed by atoms with E-state index in [9.17, 15) is 14.0 Å². The molecule has 1 fully saturated rings. The molecule has 32 heavy (non-hydrogen) atoms. The van der Waals surface area contributed by atoms with Crippen molar-refractivity contribution in [1.82, 2.24) is 4.90 Å². The van der Waals surface area contributed by atoms with Gasteiger partial charge in [0.1, 0.15) is 11.9 Å². The summed E-state index contributed by atoms with van der Waals surface area (Å²) in [4.78, 5) is 29.6. The van der Waals surface area contributed by atoms with E-state index in [4.69, 9.17) is 4.74 Å². The normalized spacial score (nSPS) is 18.2. The fourth-order valence-corrected chi connectivity index (χ4v) is 4.38. The van der Waals surface area contributed by atoms with Gasteiger partial charge in [-0.1, -0.05) is 30.3 Å². The van der Waals surface area contributed by atoms with Crippen LogP contribution in [0.4, 0.5) is 10.1 Å². The van der Waals surface area contributed by atoms with Crippen LogP contribution in [0.2, 0.25) is 0 Å². The summed E-state index contributed by atoms with van der Waals surface area (Å²) in [6, 6.07) is 21.3. The third kappa shape index (κ3) is 3.96. The van der Waals surface area contributed by atoms with Crippen molar-refractivity contribution in [3.63, 3.8) is 0 Å². The minimum Gasteiger partial charge on any atom is -0.454 e. The topological polar surface area (TPSA) is 49.9 Å². The van der Waals surface area contributed by atoms with E-state index in [-0.39, 0.29) is 23.8 Å². The lowest BCUT2D eigenvalue weighted by atomic mass is 9.93. The smallest absolute Gasteiger partial charge is 0.339 e. The Bertz CT molecular complexity index is 1140. The van der Waals surface area contributed by atoms with E-state index in [0.717, 1.165) is 16.8 Å². The third-order valence-electron chi connectivity index (χ3n) is 6.16. The second-order valence-corrected chi connectivity index (χ2v) is 8.14. The Morgan fingerprint density at radius 2 is 1.62 bits per heavy atom. The van der Waals surface area contributed by atoms with Gasteiger partial charge in [0, 0.05) is 43.9 Å². The molecule has 2 aliphatic rings. The van der Waals surface area contributed by atoms with Gasteiger partial charge in [-0.25, -0.2) is 9.18 Å². The van der Waals surface area contributed by atoms with Crippen LogP contribution in [0.3, 0.4) is 0 Å². The van der Waals surface area contributed by atoms with Crippen molar-refractivity contribution in [3.05, 3.63) is 101 Å². The van der Waals surface area contributed by atoms with Gasteiger partial charge in [0.05, 0.1) is 5.56 Å². The Morgan fingerprint density at radius 3 is 2.34 bits per heavy atom. The first-order chi connectivity index (χ1) is 15.6. The van der Waals surface area contributed by atoms with Crippen molar-refractivity contribution in [1.29, 1.82) is 0 Å². The van der Waals surface area contributed by atoms with Crippen LogP contribution < -0.4 is 4.90 Å². The number of esters is 1. The molecule has 0 saturated carbocycles. The molecule has 1 amide bonds. The Kier molecular flexibility index (Phi) is 5.35. The summed E-state index contributed by atoms with van der Waals surface area (Å²) in [7, 11) is 0. The predicted molar refractivity (Wildman–Crippen MR) is 119 cm³/mol. The van der Waals surface area contributed by atoms with Crippen LogP contribution in [-0.2, 0) is 11.2 Å². The standard InChI is InChI=1S/C26H23FN2O3/c27-21-7-9-22(10-8-21)28-12-14-29(15-13-28)25(30)19-6-11-23-20(16-19)17-24(32-26(23)31)18-4-2-1-3-5-18/h1-11,16,24H,12-15,17H2/t24-/m1/s1. The first kappa shape index (κ1) is 20.2. The Morgan fingerprint density at radius 1 is 0.906 bits per heavy atom. The Labute approximate surface area is 186 Å². The summed E-state index contributed by atoms with van der Waals surface area (Å²) in [5.74, 6) is -0.651. The van der Waals surface area contributed by atoms with Crippen LogP contribution >= 0.6 is 0 Å². The number of amides is 1. The van der Waals surface area contributed by atoms with Crippen LogP contribution in [0, 0.1) is 5.82 Å². The summed E-state index contributed by atoms with van der Waals surface area (Å²) in [5, 5.41) is 0. The number of cyclic esters (lactones) is 1. The molecule has 3 aromatic carbocycles. The molecular weight excluding hydrogens is 407 g/mol. The molecule has 0 spiro atoms. The number of anilines is 1. The molecule has 1 saturated heterocycles. The molecule has 0 N–H and O–H groups in total. The third-order valence-corrected chi connectivity index (χ3v) is 6.16. The summed E-state index contributed by atoms with van der Waals surface area (Å²) in [6.07, 6.45) is 0.200. The molecule has 5 rings (SSSR count). The van der Waals surface area contributed by atoms with E-state index in [0.29, 0.717) is 43.7 Å². The summed E-state index contributed by atoms with van der Waals surface area (Å²) >= 11 is 0. The minimum absolute atomic E-state index is 0.0400. The first-order valence-electron chi connectivity index (χ1n) is 10.8. The van der Waals surface area contributed by atoms with Gasteiger partial charge in [-0.05, 0) is 53.6 Å². The number of hydrogen-bond donors (Lipinski definition) is 0. The zero-order valence-electron chi connectivity index (χ0n) is 17.5. The number of fused-ring (bicyclic) bond motifs is 1. The number of benzene rings is 3. The molecule has 5 nitrogen and oxygen atoms in total. The number of hydrogen-bond acceptors (Lipinski definition) is 4. The average Bonchev–Trinajstić information content (AvgIpc) is 2.84. The van der Waals surface area contributed by atoms with E-state index in [1.54, 1.807) is 24.3 Å². The van der Waals surface area contributed by atoms with Crippen LogP contribution in [0.15, 0.2) is 72.8 Å². The highest BCUT2D eigenvalue weighted by Crippen LogP contribution is 2.31. The van der Waals surface area contributed by atoms with Crippen molar-refractivity contribution in [2.45, 2.75) is 12.5 Å². The van der Waals surface area contributed by atoms with E-state index in [1.165, 1.54) is 12.1 Å². The number of carbonyl (C=O) groups excluding carboxylic acids is 2. The lowest BCUT2D eigenvalue weighted by molar-refractivity contribution is 0.0252. The van der Waals surface area contributed by atoms with E-state index < -0.39 is 0 Å². The number of ether oxygens (including phenoxy) is 1. The largest absolute Gasteiger partial charge is 0.454 e. The highest BCUT2D eigenvalue weighted by molar-refractivity contribution is 5.98. The van der Waals surface area contributed by atoms with E-state index >= 15 is 0 Å². The van der Waals surface area contributed by atoms with Crippen LogP contribution in [0.25, 0.3) is 0 Å². The minimum atomic E-state index is -0.355. The molecule has 2 aliphatic heterocycles. The van der Waals surface area contributed by atoms with Crippen LogP contribution in [0.5, 0.6) is 0 Å². The summed E-state index contributed by atoms with van der Waals surface area (Å²) in [5.41, 5.74) is 3.85. The Hall–Kier alpha value is -3.67. The van der Waals surface area contributed by atoms with Gasteiger partial charge in [-0.15, -0.1) is 0 Å². The maximum Gasteiger partial charge on any atom is 0.339 e. The van der Waals surface area contributed by atoms with Gasteiger partial charge in [0.2, 0.25) is 0 Å². The van der Waals surface area contributed by atoms with Crippen molar-refractivity contribution < 1.29 is 18.7 Å². The van der Waals surface area contributed by atoms with E-state index in [2.05, 4.69) is 4.90 Å². The SMILES string of the molecule is O=C1O[C@@H](c2ccccc2)Cc2cc(C(=O)N3CCN(c4ccc(F)cc4)CC3)ccc21. The average molecular weight is 430 g/mol. The van der Waals surface area contributed by atoms with Crippen molar-refractivity contribution in [2.24, 2.45) is 0 Å². The van der Waals surface area contributed by atoms with Gasteiger partial charge in [0.15, 0.2) is 0 Å². The lowest BCUT2D eigenvalue weighted by Crippen LogP contribution is -2.48. The molecule has 0 unspecified atom stereocenters. The fraction of sp³-hybridized carbons (Fsp3) is 0.231. The molecule has 6 heteroatoms. The Balaban J connectivity index is 1.29. The summed E-state index contributed by atoms with van der Waals surface area (Å²) in [6.45, 7) is 2.54. The zero-order chi connectivity index (χ0) is 22.1. The van der Waals surface area contributed by atoms with Gasteiger partial charge in [0.25, 0.3) is 5.91 Å². The summed E-state index contributed by atoms with van der Waals surface area (Å²) < 4.78 is 18.8. The van der Waals surface area contributed by atoms with Crippen molar-refractivity contribution >= 4 is 17.6 Å². The molecule has 0 aliphatic carbocycles. The van der Waals surface area contributed by atoms with Crippen LogP contribution in [-0.4, -0.2) is 43.0 Å². The van der Waals surface area contributed by atoms with Gasteiger partial charge in [-0.2, -0.15) is 0 Å². The molecule has 0 aromatic heterocycles. The fourth-order valence-electron chi connectivity index (χ4n) is 4.38. The van der Waals surface area contributed by atoms with Gasteiger partial charge >= 0.3 is 5.97 Å². The number of carbonyl (C=O) groups is 2. The molecule has 0 radical (unpaired) electrons. The molecule has 1 atom stereocenters. The molecule has 162 valence electrons. The van der Waals surface area contributed by atoms with Crippen molar-refractivity contribution in [3.8, 4) is 0 Å². The van der Waals surface area contributed by atoms with Crippen molar-refractivity contribution in [2.75, 3.05) is 31.1 Å². The highest BCUT2D eigenvalue weighted by Gasteiger charge is 2.29. The van der Waals surface area contributed by atoms with E-state index in [1.807, 2.05) is 41.3 Å². The van der Waals surface area contributed by atoms with Gasteiger partial charge < -0.3 is 14.5 Å². The molecule has 2 heterocycles. The predicted octanol–water partition coefficient (Wildman–Crippen LogP) is 4.24.